The molecule has 0 bridgehead atoms. The molecule has 1 heterocycles. The van der Waals surface area contributed by atoms with Gasteiger partial charge in [0.05, 0.1) is 6.54 Å². The van der Waals surface area contributed by atoms with Crippen molar-refractivity contribution in [2.24, 2.45) is 0 Å². The van der Waals surface area contributed by atoms with Gasteiger partial charge in [0.25, 0.3) is 0 Å². The Morgan fingerprint density at radius 2 is 2.00 bits per heavy atom. The molecule has 1 aliphatic heterocycles. The quantitative estimate of drug-likeness (QED) is 0.715. The average Bonchev–Trinajstić information content (AvgIpc) is 2.30. The first-order valence-corrected chi connectivity index (χ1v) is 5.77. The summed E-state index contributed by atoms with van der Waals surface area (Å²) < 4.78 is 0. The summed E-state index contributed by atoms with van der Waals surface area (Å²) in [6, 6.07) is 8.59. The van der Waals surface area contributed by atoms with Crippen LogP contribution in [-0.2, 0) is 4.79 Å². The molecule has 0 radical (unpaired) electrons. The first kappa shape index (κ1) is 11.1. The van der Waals surface area contributed by atoms with E-state index in [2.05, 4.69) is 41.0 Å². The van der Waals surface area contributed by atoms with E-state index in [4.69, 9.17) is 0 Å². The van der Waals surface area contributed by atoms with E-state index >= 15 is 0 Å². The van der Waals surface area contributed by atoms with Crippen LogP contribution in [0.1, 0.15) is 5.56 Å². The monoisotopic (exact) mass is 218 g/mol. The molecule has 16 heavy (non-hydrogen) atoms. The lowest BCUT2D eigenvalue weighted by molar-refractivity contribution is -0.108. The number of carbonyl (C=O) groups is 1. The van der Waals surface area contributed by atoms with Crippen molar-refractivity contribution < 1.29 is 4.79 Å². The summed E-state index contributed by atoms with van der Waals surface area (Å²) in [5.41, 5.74) is 2.60. The third-order valence-corrected chi connectivity index (χ3v) is 3.07. The Labute approximate surface area is 96.7 Å². The fourth-order valence-corrected chi connectivity index (χ4v) is 2.12. The van der Waals surface area contributed by atoms with Gasteiger partial charge in [0, 0.05) is 31.9 Å². The van der Waals surface area contributed by atoms with Crippen molar-refractivity contribution in [1.29, 1.82) is 0 Å². The van der Waals surface area contributed by atoms with Gasteiger partial charge in [0.15, 0.2) is 0 Å². The maximum Gasteiger partial charge on any atom is 0.133 e. The molecule has 3 heteroatoms. The van der Waals surface area contributed by atoms with Crippen LogP contribution in [-0.4, -0.2) is 43.9 Å². The molecule has 86 valence electrons. The number of hydrogen-bond acceptors (Lipinski definition) is 3. The van der Waals surface area contributed by atoms with Gasteiger partial charge in [-0.05, 0) is 24.6 Å². The van der Waals surface area contributed by atoms with Gasteiger partial charge >= 0.3 is 0 Å². The molecule has 0 atom stereocenters. The highest BCUT2D eigenvalue weighted by Crippen LogP contribution is 2.17. The highest BCUT2D eigenvalue weighted by atomic mass is 16.1. The second-order valence-corrected chi connectivity index (χ2v) is 4.29. The van der Waals surface area contributed by atoms with Gasteiger partial charge in [-0.3, -0.25) is 4.90 Å². The van der Waals surface area contributed by atoms with Crippen molar-refractivity contribution in [2.45, 2.75) is 6.92 Å². The second kappa shape index (κ2) is 5.12. The van der Waals surface area contributed by atoms with Crippen LogP contribution in [0.5, 0.6) is 0 Å². The van der Waals surface area contributed by atoms with Crippen LogP contribution < -0.4 is 4.90 Å². The number of aryl methyl sites for hydroxylation is 1. The number of anilines is 1. The Bertz CT molecular complexity index is 357. The van der Waals surface area contributed by atoms with Gasteiger partial charge in [-0.2, -0.15) is 0 Å². The van der Waals surface area contributed by atoms with E-state index in [0.29, 0.717) is 6.54 Å². The summed E-state index contributed by atoms with van der Waals surface area (Å²) in [6.07, 6.45) is 0.988. The summed E-state index contributed by atoms with van der Waals surface area (Å²) in [6.45, 7) is 6.67. The number of nitrogens with zero attached hydrogens (tertiary/aromatic N) is 2. The molecule has 1 fully saturated rings. The summed E-state index contributed by atoms with van der Waals surface area (Å²) in [7, 11) is 0. The Morgan fingerprint density at radius 3 is 2.62 bits per heavy atom. The van der Waals surface area contributed by atoms with Gasteiger partial charge in [-0.25, -0.2) is 0 Å². The smallest absolute Gasteiger partial charge is 0.133 e. The van der Waals surface area contributed by atoms with Crippen molar-refractivity contribution in [3.63, 3.8) is 0 Å². The van der Waals surface area contributed by atoms with Crippen molar-refractivity contribution >= 4 is 12.0 Å². The van der Waals surface area contributed by atoms with Crippen LogP contribution in [0, 0.1) is 6.92 Å². The molecule has 1 aromatic rings. The van der Waals surface area contributed by atoms with Gasteiger partial charge in [0.1, 0.15) is 6.29 Å². The molecule has 0 unspecified atom stereocenters. The van der Waals surface area contributed by atoms with Gasteiger partial charge in [-0.1, -0.05) is 12.1 Å². The zero-order chi connectivity index (χ0) is 11.4. The van der Waals surface area contributed by atoms with E-state index in [1.807, 2.05) is 0 Å². The van der Waals surface area contributed by atoms with Gasteiger partial charge < -0.3 is 9.69 Å². The molecular weight excluding hydrogens is 200 g/mol. The zero-order valence-corrected chi connectivity index (χ0v) is 9.72. The minimum Gasteiger partial charge on any atom is -0.369 e. The number of rotatable bonds is 3. The maximum atomic E-state index is 10.4. The summed E-state index contributed by atoms with van der Waals surface area (Å²) >= 11 is 0. The zero-order valence-electron chi connectivity index (χ0n) is 9.72. The highest BCUT2D eigenvalue weighted by molar-refractivity contribution is 5.52. The average molecular weight is 218 g/mol. The normalized spacial score (nSPS) is 17.4. The Hall–Kier alpha value is -1.35. The molecule has 0 aromatic heterocycles. The molecule has 1 saturated heterocycles. The molecule has 0 N–H and O–H groups in total. The minimum absolute atomic E-state index is 0.571. The lowest BCUT2D eigenvalue weighted by atomic mass is 10.2. The SMILES string of the molecule is Cc1cccc(N2CCN(CC=O)CC2)c1. The van der Waals surface area contributed by atoms with E-state index in [1.165, 1.54) is 11.3 Å². The molecule has 0 amide bonds. The molecule has 0 aliphatic carbocycles. The van der Waals surface area contributed by atoms with E-state index < -0.39 is 0 Å². The van der Waals surface area contributed by atoms with Crippen LogP contribution >= 0.6 is 0 Å². The van der Waals surface area contributed by atoms with Crippen molar-refractivity contribution in [3.8, 4) is 0 Å². The number of benzene rings is 1. The standard InChI is InChI=1S/C13H18N2O/c1-12-3-2-4-13(11-12)15-7-5-14(6-8-15)9-10-16/h2-4,10-11H,5-9H2,1H3. The molecule has 2 rings (SSSR count). The molecule has 1 aliphatic rings. The van der Waals surface area contributed by atoms with Crippen LogP contribution in [0.3, 0.4) is 0 Å². The summed E-state index contributed by atoms with van der Waals surface area (Å²) in [4.78, 5) is 15.0. The number of carbonyl (C=O) groups excluding carboxylic acids is 1. The van der Waals surface area contributed by atoms with Crippen LogP contribution in [0.25, 0.3) is 0 Å². The predicted molar refractivity (Wildman–Crippen MR) is 65.9 cm³/mol. The van der Waals surface area contributed by atoms with Gasteiger partial charge in [0.2, 0.25) is 0 Å². The minimum atomic E-state index is 0.571. The van der Waals surface area contributed by atoms with Crippen LogP contribution in [0.4, 0.5) is 5.69 Å². The summed E-state index contributed by atoms with van der Waals surface area (Å²) in [5.74, 6) is 0. The Morgan fingerprint density at radius 1 is 1.25 bits per heavy atom. The number of aldehydes is 1. The topological polar surface area (TPSA) is 23.6 Å². The van der Waals surface area contributed by atoms with Gasteiger partial charge in [-0.15, -0.1) is 0 Å². The molecule has 3 nitrogen and oxygen atoms in total. The largest absolute Gasteiger partial charge is 0.369 e. The first-order valence-electron chi connectivity index (χ1n) is 5.77. The third-order valence-electron chi connectivity index (χ3n) is 3.07. The summed E-state index contributed by atoms with van der Waals surface area (Å²) in [5, 5.41) is 0. The predicted octanol–water partition coefficient (Wildman–Crippen LogP) is 1.32. The van der Waals surface area contributed by atoms with Crippen LogP contribution in [0.15, 0.2) is 24.3 Å². The van der Waals surface area contributed by atoms with E-state index in [9.17, 15) is 4.79 Å². The fraction of sp³-hybridized carbons (Fsp3) is 0.462. The molecular formula is C13H18N2O. The van der Waals surface area contributed by atoms with E-state index in [0.717, 1.165) is 32.5 Å². The lowest BCUT2D eigenvalue weighted by Gasteiger charge is -2.35. The lowest BCUT2D eigenvalue weighted by Crippen LogP contribution is -2.46. The Kier molecular flexibility index (Phi) is 3.57. The number of piperazine rings is 1. The van der Waals surface area contributed by atoms with Crippen molar-refractivity contribution in [2.75, 3.05) is 37.6 Å². The van der Waals surface area contributed by atoms with Crippen molar-refractivity contribution in [3.05, 3.63) is 29.8 Å². The third kappa shape index (κ3) is 2.61. The van der Waals surface area contributed by atoms with E-state index in [1.54, 1.807) is 0 Å². The van der Waals surface area contributed by atoms with Crippen LogP contribution in [0.2, 0.25) is 0 Å². The maximum absolute atomic E-state index is 10.4. The number of hydrogen-bond donors (Lipinski definition) is 0. The highest BCUT2D eigenvalue weighted by Gasteiger charge is 2.16. The van der Waals surface area contributed by atoms with E-state index in [-0.39, 0.29) is 0 Å². The molecule has 0 saturated carbocycles. The fourth-order valence-electron chi connectivity index (χ4n) is 2.12. The second-order valence-electron chi connectivity index (χ2n) is 4.29. The molecule has 0 spiro atoms. The van der Waals surface area contributed by atoms with Crippen molar-refractivity contribution in [1.82, 2.24) is 4.90 Å². The molecule has 1 aromatic carbocycles. The Balaban J connectivity index is 1.96. The first-order chi connectivity index (χ1) is 7.79.